The maximum atomic E-state index is 13.8. The van der Waals surface area contributed by atoms with Gasteiger partial charge in [0.15, 0.2) is 11.6 Å². The molecule has 0 saturated heterocycles. The number of aromatic nitrogens is 1. The highest BCUT2D eigenvalue weighted by molar-refractivity contribution is 7.21. The van der Waals surface area contributed by atoms with Crippen molar-refractivity contribution >= 4 is 21.6 Å². The first-order valence-corrected chi connectivity index (χ1v) is 8.96. The summed E-state index contributed by atoms with van der Waals surface area (Å²) in [6.45, 7) is 0.211. The molecule has 3 aromatic carbocycles. The van der Waals surface area contributed by atoms with Gasteiger partial charge < -0.3 is 9.47 Å². The van der Waals surface area contributed by atoms with Crippen LogP contribution in [0.5, 0.6) is 11.5 Å². The van der Waals surface area contributed by atoms with Gasteiger partial charge in [0.05, 0.1) is 17.3 Å². The van der Waals surface area contributed by atoms with Crippen LogP contribution in [0, 0.1) is 5.82 Å². The molecule has 0 radical (unpaired) electrons. The van der Waals surface area contributed by atoms with Crippen LogP contribution in [0.4, 0.5) is 4.39 Å². The second-order valence-corrected chi connectivity index (χ2v) is 6.76. The Labute approximate surface area is 154 Å². The van der Waals surface area contributed by atoms with Crippen molar-refractivity contribution in [3.8, 4) is 22.1 Å². The zero-order chi connectivity index (χ0) is 17.9. The molecule has 26 heavy (non-hydrogen) atoms. The van der Waals surface area contributed by atoms with Crippen molar-refractivity contribution in [1.82, 2.24) is 4.98 Å². The van der Waals surface area contributed by atoms with Gasteiger partial charge in [-0.25, -0.2) is 9.37 Å². The number of nitrogens with zero attached hydrogens (tertiary/aromatic N) is 1. The predicted octanol–water partition coefficient (Wildman–Crippen LogP) is 5.69. The Kier molecular flexibility index (Phi) is 4.54. The number of ether oxygens (including phenoxy) is 2. The van der Waals surface area contributed by atoms with Gasteiger partial charge in [0.2, 0.25) is 0 Å². The minimum atomic E-state index is -0.381. The number of benzene rings is 3. The normalized spacial score (nSPS) is 10.8. The van der Waals surface area contributed by atoms with Crippen molar-refractivity contribution in [2.24, 2.45) is 0 Å². The monoisotopic (exact) mass is 365 g/mol. The summed E-state index contributed by atoms with van der Waals surface area (Å²) in [5.41, 5.74) is 2.80. The highest BCUT2D eigenvalue weighted by Crippen LogP contribution is 2.33. The van der Waals surface area contributed by atoms with Gasteiger partial charge in [-0.05, 0) is 42.5 Å². The zero-order valence-electron chi connectivity index (χ0n) is 14.1. The third-order valence-corrected chi connectivity index (χ3v) is 5.13. The van der Waals surface area contributed by atoms with Gasteiger partial charge in [-0.1, -0.05) is 24.3 Å². The number of hydrogen-bond acceptors (Lipinski definition) is 4. The Morgan fingerprint density at radius 2 is 1.77 bits per heavy atom. The first-order chi connectivity index (χ1) is 12.7. The van der Waals surface area contributed by atoms with Crippen molar-refractivity contribution < 1.29 is 13.9 Å². The summed E-state index contributed by atoms with van der Waals surface area (Å²) >= 11 is 1.64. The summed E-state index contributed by atoms with van der Waals surface area (Å²) in [6.07, 6.45) is 0. The van der Waals surface area contributed by atoms with Crippen LogP contribution in [0.1, 0.15) is 5.56 Å². The smallest absolute Gasteiger partial charge is 0.165 e. The van der Waals surface area contributed by atoms with E-state index in [4.69, 9.17) is 9.47 Å². The van der Waals surface area contributed by atoms with Gasteiger partial charge in [0, 0.05) is 11.1 Å². The molecule has 0 unspecified atom stereocenters. The number of hydrogen-bond donors (Lipinski definition) is 0. The number of rotatable bonds is 5. The van der Waals surface area contributed by atoms with Crippen molar-refractivity contribution in [1.29, 1.82) is 0 Å². The van der Waals surface area contributed by atoms with Gasteiger partial charge in [-0.3, -0.25) is 0 Å². The fourth-order valence-corrected chi connectivity index (χ4v) is 3.70. The molecule has 3 nitrogen and oxygen atoms in total. The molecule has 0 fully saturated rings. The van der Waals surface area contributed by atoms with Crippen molar-refractivity contribution in [2.75, 3.05) is 7.11 Å². The maximum absolute atomic E-state index is 13.8. The van der Waals surface area contributed by atoms with E-state index < -0.39 is 0 Å². The first-order valence-electron chi connectivity index (χ1n) is 8.15. The van der Waals surface area contributed by atoms with Crippen LogP contribution in [0.25, 0.3) is 20.8 Å². The molecule has 4 rings (SSSR count). The predicted molar refractivity (Wildman–Crippen MR) is 102 cm³/mol. The van der Waals surface area contributed by atoms with Gasteiger partial charge in [-0.2, -0.15) is 0 Å². The Morgan fingerprint density at radius 3 is 2.58 bits per heavy atom. The molecule has 0 spiro atoms. The average Bonchev–Trinajstić information content (AvgIpc) is 3.11. The third kappa shape index (κ3) is 3.26. The lowest BCUT2D eigenvalue weighted by molar-refractivity contribution is 0.282. The lowest BCUT2D eigenvalue weighted by Crippen LogP contribution is -2.00. The Morgan fingerprint density at radius 1 is 0.962 bits per heavy atom. The number of fused-ring (bicyclic) bond motifs is 1. The maximum Gasteiger partial charge on any atom is 0.165 e. The topological polar surface area (TPSA) is 31.4 Å². The van der Waals surface area contributed by atoms with Crippen LogP contribution in [0.2, 0.25) is 0 Å². The molecule has 0 bridgehead atoms. The van der Waals surface area contributed by atoms with Crippen molar-refractivity contribution in [3.63, 3.8) is 0 Å². The van der Waals surface area contributed by atoms with Gasteiger partial charge in [0.1, 0.15) is 17.4 Å². The quantitative estimate of drug-likeness (QED) is 0.455. The van der Waals surface area contributed by atoms with E-state index in [1.54, 1.807) is 36.6 Å². The van der Waals surface area contributed by atoms with Crippen molar-refractivity contribution in [2.45, 2.75) is 6.61 Å². The van der Waals surface area contributed by atoms with E-state index in [0.717, 1.165) is 26.4 Å². The standard InChI is InChI=1S/C21H16FNO2S/c1-24-18-11-10-14(21-23-17-7-3-5-9-20(17)26-21)12-15(18)13-25-19-8-4-2-6-16(19)22/h2-12H,13H2,1H3. The van der Waals surface area contributed by atoms with Crippen LogP contribution >= 0.6 is 11.3 Å². The van der Waals surface area contributed by atoms with E-state index in [1.807, 2.05) is 36.4 Å². The molecule has 0 aliphatic carbocycles. The first kappa shape index (κ1) is 16.5. The molecule has 1 heterocycles. The molecule has 0 aliphatic rings. The van der Waals surface area contributed by atoms with Crippen molar-refractivity contribution in [3.05, 3.63) is 78.1 Å². The number of halogens is 1. The van der Waals surface area contributed by atoms with Crippen LogP contribution in [-0.4, -0.2) is 12.1 Å². The molecule has 1 aromatic heterocycles. The number of methoxy groups -OCH3 is 1. The molecule has 0 atom stereocenters. The van der Waals surface area contributed by atoms with Gasteiger partial charge in [-0.15, -0.1) is 11.3 Å². The molecular formula is C21H16FNO2S. The summed E-state index contributed by atoms with van der Waals surface area (Å²) in [5.74, 6) is 0.542. The second kappa shape index (κ2) is 7.14. The summed E-state index contributed by atoms with van der Waals surface area (Å²) in [4.78, 5) is 4.69. The summed E-state index contributed by atoms with van der Waals surface area (Å²) in [7, 11) is 1.61. The van der Waals surface area contributed by atoms with Crippen LogP contribution in [0.3, 0.4) is 0 Å². The molecule has 0 aliphatic heterocycles. The van der Waals surface area contributed by atoms with E-state index in [1.165, 1.54) is 6.07 Å². The van der Waals surface area contributed by atoms with Crippen LogP contribution in [-0.2, 0) is 6.61 Å². The van der Waals surface area contributed by atoms with E-state index >= 15 is 0 Å². The van der Waals surface area contributed by atoms with E-state index in [-0.39, 0.29) is 18.2 Å². The molecule has 4 aromatic rings. The minimum absolute atomic E-state index is 0.211. The largest absolute Gasteiger partial charge is 0.496 e. The lowest BCUT2D eigenvalue weighted by atomic mass is 10.1. The zero-order valence-corrected chi connectivity index (χ0v) is 14.9. The Hall–Kier alpha value is -2.92. The molecule has 0 amide bonds. The third-order valence-electron chi connectivity index (χ3n) is 4.04. The van der Waals surface area contributed by atoms with E-state index in [9.17, 15) is 4.39 Å². The summed E-state index contributed by atoms with van der Waals surface area (Å²) in [6, 6.07) is 20.3. The van der Waals surface area contributed by atoms with E-state index in [2.05, 4.69) is 11.1 Å². The van der Waals surface area contributed by atoms with Gasteiger partial charge in [0.25, 0.3) is 0 Å². The summed E-state index contributed by atoms with van der Waals surface area (Å²) in [5, 5.41) is 0.931. The molecule has 0 saturated carbocycles. The highest BCUT2D eigenvalue weighted by Gasteiger charge is 2.11. The fraction of sp³-hybridized carbons (Fsp3) is 0.0952. The Balaban J connectivity index is 1.65. The molecular weight excluding hydrogens is 349 g/mol. The SMILES string of the molecule is COc1ccc(-c2nc3ccccc3s2)cc1COc1ccccc1F. The fourth-order valence-electron chi connectivity index (χ4n) is 2.74. The lowest BCUT2D eigenvalue weighted by Gasteiger charge is -2.12. The number of para-hydroxylation sites is 2. The highest BCUT2D eigenvalue weighted by atomic mass is 32.1. The second-order valence-electron chi connectivity index (χ2n) is 5.73. The molecule has 5 heteroatoms. The van der Waals surface area contributed by atoms with Crippen LogP contribution in [0.15, 0.2) is 66.7 Å². The van der Waals surface area contributed by atoms with Gasteiger partial charge >= 0.3 is 0 Å². The van der Waals surface area contributed by atoms with E-state index in [0.29, 0.717) is 5.75 Å². The minimum Gasteiger partial charge on any atom is -0.496 e. The van der Waals surface area contributed by atoms with Crippen LogP contribution < -0.4 is 9.47 Å². The number of thiazole rings is 1. The molecule has 0 N–H and O–H groups in total. The average molecular weight is 365 g/mol. The summed E-state index contributed by atoms with van der Waals surface area (Å²) < 4.78 is 26.0. The molecule has 130 valence electrons. The Bertz CT molecular complexity index is 1030.